The predicted octanol–water partition coefficient (Wildman–Crippen LogP) is 1.69. The minimum Gasteiger partial charge on any atom is -0.492 e. The first-order chi connectivity index (χ1) is 8.08. The third-order valence-corrected chi connectivity index (χ3v) is 2.57. The summed E-state index contributed by atoms with van der Waals surface area (Å²) in [4.78, 5) is 12.6. The molecule has 4 nitrogen and oxygen atoms in total. The Morgan fingerprint density at radius 1 is 1.53 bits per heavy atom. The summed E-state index contributed by atoms with van der Waals surface area (Å²) < 4.78 is 5.31. The minimum absolute atomic E-state index is 0.324. The van der Waals surface area contributed by atoms with Crippen molar-refractivity contribution in [2.75, 3.05) is 20.3 Å². The molecule has 1 aromatic carbocycles. The normalized spacial score (nSPS) is 10.1. The van der Waals surface area contributed by atoms with E-state index in [0.29, 0.717) is 23.9 Å². The Morgan fingerprint density at radius 2 is 2.24 bits per heavy atom. The van der Waals surface area contributed by atoms with Crippen LogP contribution in [-0.2, 0) is 11.3 Å². The van der Waals surface area contributed by atoms with Gasteiger partial charge in [-0.05, 0) is 24.6 Å². The molecular weight excluding hydrogens is 242 g/mol. The third-order valence-electron chi connectivity index (χ3n) is 2.28. The second-order valence-corrected chi connectivity index (χ2v) is 4.01. The van der Waals surface area contributed by atoms with Crippen molar-refractivity contribution in [2.24, 2.45) is 0 Å². The van der Waals surface area contributed by atoms with Gasteiger partial charge in [-0.15, -0.1) is 0 Å². The Balaban J connectivity index is 2.73. The third kappa shape index (κ3) is 3.91. The number of hydrogen-bond acceptors (Lipinski definition) is 3. The van der Waals surface area contributed by atoms with Gasteiger partial charge in [-0.3, -0.25) is 4.79 Å². The standard InChI is InChI=1S/C12H16ClNO3/c1-3-17-11-5-4-9(6-10(11)13)7-14(2)12(16)8-15/h4-6,15H,3,7-8H2,1-2H3. The average Bonchev–Trinajstić information content (AvgIpc) is 2.31. The maximum Gasteiger partial charge on any atom is 0.248 e. The summed E-state index contributed by atoms with van der Waals surface area (Å²) in [6, 6.07) is 5.38. The van der Waals surface area contributed by atoms with Crippen LogP contribution in [0.4, 0.5) is 0 Å². The number of hydrogen-bond donors (Lipinski definition) is 1. The van der Waals surface area contributed by atoms with Crippen LogP contribution in [-0.4, -0.2) is 36.2 Å². The number of amides is 1. The van der Waals surface area contributed by atoms with E-state index in [-0.39, 0.29) is 5.91 Å². The van der Waals surface area contributed by atoms with E-state index < -0.39 is 6.61 Å². The topological polar surface area (TPSA) is 49.8 Å². The summed E-state index contributed by atoms with van der Waals surface area (Å²) in [7, 11) is 1.63. The summed E-state index contributed by atoms with van der Waals surface area (Å²) in [6.07, 6.45) is 0. The van der Waals surface area contributed by atoms with Crippen LogP contribution >= 0.6 is 11.6 Å². The van der Waals surface area contributed by atoms with Gasteiger partial charge in [0.1, 0.15) is 12.4 Å². The molecule has 0 heterocycles. The molecule has 94 valence electrons. The van der Waals surface area contributed by atoms with Gasteiger partial charge >= 0.3 is 0 Å². The van der Waals surface area contributed by atoms with Crippen molar-refractivity contribution in [3.8, 4) is 5.75 Å². The van der Waals surface area contributed by atoms with E-state index in [1.807, 2.05) is 13.0 Å². The van der Waals surface area contributed by atoms with E-state index in [0.717, 1.165) is 5.56 Å². The molecule has 0 spiro atoms. The number of ether oxygens (including phenoxy) is 1. The van der Waals surface area contributed by atoms with Crippen molar-refractivity contribution < 1.29 is 14.6 Å². The number of carbonyl (C=O) groups excluding carboxylic acids is 1. The highest BCUT2D eigenvalue weighted by Crippen LogP contribution is 2.25. The summed E-state index contributed by atoms with van der Waals surface area (Å²) >= 11 is 6.03. The lowest BCUT2D eigenvalue weighted by Crippen LogP contribution is -2.28. The quantitative estimate of drug-likeness (QED) is 0.873. The van der Waals surface area contributed by atoms with Gasteiger partial charge in [0.25, 0.3) is 0 Å². The van der Waals surface area contributed by atoms with Crippen LogP contribution in [0.1, 0.15) is 12.5 Å². The van der Waals surface area contributed by atoms with E-state index in [9.17, 15) is 4.79 Å². The number of aliphatic hydroxyl groups excluding tert-OH is 1. The molecule has 0 aromatic heterocycles. The predicted molar refractivity (Wildman–Crippen MR) is 66.2 cm³/mol. The Kier molecular flexibility index (Phi) is 5.25. The van der Waals surface area contributed by atoms with E-state index in [1.54, 1.807) is 19.2 Å². The van der Waals surface area contributed by atoms with Gasteiger partial charge in [0.2, 0.25) is 5.91 Å². The van der Waals surface area contributed by atoms with Gasteiger partial charge in [0.15, 0.2) is 0 Å². The molecule has 0 aliphatic carbocycles. The molecule has 17 heavy (non-hydrogen) atoms. The number of benzene rings is 1. The highest BCUT2D eigenvalue weighted by Gasteiger charge is 2.09. The molecule has 0 radical (unpaired) electrons. The first-order valence-electron chi connectivity index (χ1n) is 5.34. The number of nitrogens with zero attached hydrogens (tertiary/aromatic N) is 1. The van der Waals surface area contributed by atoms with Crippen molar-refractivity contribution in [3.05, 3.63) is 28.8 Å². The van der Waals surface area contributed by atoms with Crippen LogP contribution in [0.2, 0.25) is 5.02 Å². The monoisotopic (exact) mass is 257 g/mol. The Labute approximate surface area is 106 Å². The molecule has 1 amide bonds. The van der Waals surface area contributed by atoms with E-state index in [1.165, 1.54) is 4.90 Å². The molecule has 0 aliphatic heterocycles. The zero-order valence-corrected chi connectivity index (χ0v) is 10.7. The van der Waals surface area contributed by atoms with Crippen LogP contribution in [0.5, 0.6) is 5.75 Å². The highest BCUT2D eigenvalue weighted by atomic mass is 35.5. The molecule has 0 atom stereocenters. The highest BCUT2D eigenvalue weighted by molar-refractivity contribution is 6.32. The summed E-state index contributed by atoms with van der Waals surface area (Å²) in [5.74, 6) is 0.309. The largest absolute Gasteiger partial charge is 0.492 e. The van der Waals surface area contributed by atoms with Crippen LogP contribution in [0, 0.1) is 0 Å². The Bertz CT molecular complexity index is 395. The lowest BCUT2D eigenvalue weighted by molar-refractivity contribution is -0.133. The average molecular weight is 258 g/mol. The van der Waals surface area contributed by atoms with Gasteiger partial charge in [-0.2, -0.15) is 0 Å². The van der Waals surface area contributed by atoms with Gasteiger partial charge in [-0.1, -0.05) is 17.7 Å². The summed E-state index contributed by atoms with van der Waals surface area (Å²) in [5.41, 5.74) is 0.891. The van der Waals surface area contributed by atoms with Gasteiger partial charge < -0.3 is 14.7 Å². The SMILES string of the molecule is CCOc1ccc(CN(C)C(=O)CO)cc1Cl. The van der Waals surface area contributed by atoms with Crippen molar-refractivity contribution in [3.63, 3.8) is 0 Å². The van der Waals surface area contributed by atoms with E-state index in [4.69, 9.17) is 21.4 Å². The molecule has 5 heteroatoms. The van der Waals surface area contributed by atoms with Crippen LogP contribution in [0.15, 0.2) is 18.2 Å². The first kappa shape index (κ1) is 13.8. The molecule has 0 saturated carbocycles. The van der Waals surface area contributed by atoms with Crippen molar-refractivity contribution >= 4 is 17.5 Å². The molecule has 0 unspecified atom stereocenters. The van der Waals surface area contributed by atoms with Gasteiger partial charge in [0.05, 0.1) is 11.6 Å². The van der Waals surface area contributed by atoms with Crippen LogP contribution in [0.25, 0.3) is 0 Å². The number of likely N-dealkylation sites (N-methyl/N-ethyl adjacent to an activating group) is 1. The van der Waals surface area contributed by atoms with Gasteiger partial charge in [0, 0.05) is 13.6 Å². The second-order valence-electron chi connectivity index (χ2n) is 3.61. The smallest absolute Gasteiger partial charge is 0.248 e. The number of halogens is 1. The number of rotatable bonds is 5. The van der Waals surface area contributed by atoms with Crippen molar-refractivity contribution in [2.45, 2.75) is 13.5 Å². The van der Waals surface area contributed by atoms with Crippen molar-refractivity contribution in [1.29, 1.82) is 0 Å². The lowest BCUT2D eigenvalue weighted by atomic mass is 10.2. The number of aliphatic hydroxyl groups is 1. The molecule has 0 aliphatic rings. The van der Waals surface area contributed by atoms with Crippen LogP contribution < -0.4 is 4.74 Å². The Hall–Kier alpha value is -1.26. The van der Waals surface area contributed by atoms with Crippen molar-refractivity contribution in [1.82, 2.24) is 4.90 Å². The first-order valence-corrected chi connectivity index (χ1v) is 5.72. The fraction of sp³-hybridized carbons (Fsp3) is 0.417. The summed E-state index contributed by atoms with van der Waals surface area (Å²) in [5, 5.41) is 9.24. The fourth-order valence-corrected chi connectivity index (χ4v) is 1.66. The summed E-state index contributed by atoms with van der Waals surface area (Å²) in [6.45, 7) is 2.37. The van der Waals surface area contributed by atoms with Gasteiger partial charge in [-0.25, -0.2) is 0 Å². The van der Waals surface area contributed by atoms with Crippen LogP contribution in [0.3, 0.4) is 0 Å². The maximum absolute atomic E-state index is 11.2. The molecule has 1 rings (SSSR count). The molecule has 0 bridgehead atoms. The van der Waals surface area contributed by atoms with E-state index in [2.05, 4.69) is 0 Å². The zero-order chi connectivity index (χ0) is 12.8. The second kappa shape index (κ2) is 6.47. The molecular formula is C12H16ClNO3. The fourth-order valence-electron chi connectivity index (χ4n) is 1.40. The minimum atomic E-state index is -0.485. The molecule has 1 aromatic rings. The molecule has 1 N–H and O–H groups in total. The maximum atomic E-state index is 11.2. The zero-order valence-electron chi connectivity index (χ0n) is 9.94. The van der Waals surface area contributed by atoms with E-state index >= 15 is 0 Å². The molecule has 0 fully saturated rings. The number of carbonyl (C=O) groups is 1. The Morgan fingerprint density at radius 3 is 2.76 bits per heavy atom. The molecule has 0 saturated heterocycles. The lowest BCUT2D eigenvalue weighted by Gasteiger charge is -2.16.